The first-order valence-electron chi connectivity index (χ1n) is 11.1. The summed E-state index contributed by atoms with van der Waals surface area (Å²) in [5, 5.41) is 0. The minimum absolute atomic E-state index is 0.158. The van der Waals surface area contributed by atoms with Gasteiger partial charge in [0.25, 0.3) is 0 Å². The molecule has 1 fully saturated rings. The molecular formula is C25H25F3N2O4S. The van der Waals surface area contributed by atoms with Gasteiger partial charge in [-0.05, 0) is 48.4 Å². The zero-order valence-electron chi connectivity index (χ0n) is 18.8. The first-order chi connectivity index (χ1) is 16.7. The van der Waals surface area contributed by atoms with Crippen LogP contribution in [-0.2, 0) is 34.0 Å². The Morgan fingerprint density at radius 2 is 1.83 bits per heavy atom. The summed E-state index contributed by atoms with van der Waals surface area (Å²) in [6.07, 6.45) is -2.41. The lowest BCUT2D eigenvalue weighted by Gasteiger charge is -2.24. The van der Waals surface area contributed by atoms with Gasteiger partial charge in [-0.25, -0.2) is 8.42 Å². The van der Waals surface area contributed by atoms with Gasteiger partial charge in [-0.15, -0.1) is 0 Å². The first-order valence-corrected chi connectivity index (χ1v) is 12.5. The highest BCUT2D eigenvalue weighted by Crippen LogP contribution is 2.36. The predicted molar refractivity (Wildman–Crippen MR) is 123 cm³/mol. The Labute approximate surface area is 202 Å². The first kappa shape index (κ1) is 25.2. The number of alkyl halides is 3. The second-order valence-corrected chi connectivity index (χ2v) is 10.2. The van der Waals surface area contributed by atoms with Gasteiger partial charge in [0.15, 0.2) is 0 Å². The third kappa shape index (κ3) is 6.39. The fourth-order valence-electron chi connectivity index (χ4n) is 3.83. The monoisotopic (exact) mass is 506 g/mol. The van der Waals surface area contributed by atoms with Crippen molar-refractivity contribution in [2.45, 2.75) is 30.6 Å². The van der Waals surface area contributed by atoms with Crippen LogP contribution in [0.15, 0.2) is 77.8 Å². The number of hydrogen-bond donors (Lipinski definition) is 0. The summed E-state index contributed by atoms with van der Waals surface area (Å²) in [7, 11) is -4.53. The van der Waals surface area contributed by atoms with Crippen LogP contribution in [0.3, 0.4) is 0 Å². The molecule has 10 heteroatoms. The average molecular weight is 507 g/mol. The molecule has 186 valence electrons. The topological polar surface area (TPSA) is 68.7 Å². The lowest BCUT2D eigenvalue weighted by atomic mass is 10.1. The molecule has 0 radical (unpaired) electrons. The van der Waals surface area contributed by atoms with Gasteiger partial charge in [0.05, 0.1) is 35.9 Å². The third-order valence-corrected chi connectivity index (χ3v) is 7.49. The molecular weight excluding hydrogens is 481 g/mol. The van der Waals surface area contributed by atoms with Crippen molar-refractivity contribution >= 4 is 10.0 Å². The number of sulfonamides is 1. The van der Waals surface area contributed by atoms with Crippen LogP contribution in [0.1, 0.15) is 23.2 Å². The Morgan fingerprint density at radius 3 is 2.54 bits per heavy atom. The molecule has 1 aliphatic heterocycles. The maximum atomic E-state index is 13.6. The van der Waals surface area contributed by atoms with Crippen LogP contribution in [0.25, 0.3) is 0 Å². The summed E-state index contributed by atoms with van der Waals surface area (Å²) in [5.41, 5.74) is -0.217. The summed E-state index contributed by atoms with van der Waals surface area (Å²) in [5.74, 6) is 0.846. The van der Waals surface area contributed by atoms with Crippen molar-refractivity contribution in [1.82, 2.24) is 9.29 Å². The lowest BCUT2D eigenvalue weighted by molar-refractivity contribution is -0.139. The van der Waals surface area contributed by atoms with Crippen LogP contribution in [-0.4, -0.2) is 37.5 Å². The summed E-state index contributed by atoms with van der Waals surface area (Å²) >= 11 is 0. The number of rotatable bonds is 9. The van der Waals surface area contributed by atoms with Crippen LogP contribution >= 0.6 is 0 Å². The smallest absolute Gasteiger partial charge is 0.417 e. The van der Waals surface area contributed by atoms with E-state index in [0.29, 0.717) is 42.7 Å². The van der Waals surface area contributed by atoms with Gasteiger partial charge in [0.1, 0.15) is 5.75 Å². The van der Waals surface area contributed by atoms with Crippen molar-refractivity contribution in [2.24, 2.45) is 5.92 Å². The molecule has 0 saturated carbocycles. The number of aromatic nitrogens is 1. The van der Waals surface area contributed by atoms with E-state index in [1.165, 1.54) is 18.3 Å². The van der Waals surface area contributed by atoms with Crippen LogP contribution in [0, 0.1) is 5.92 Å². The molecule has 0 bridgehead atoms. The molecule has 0 spiro atoms. The summed E-state index contributed by atoms with van der Waals surface area (Å²) in [6.45, 7) is 1.45. The van der Waals surface area contributed by atoms with Crippen LogP contribution in [0.4, 0.5) is 13.2 Å². The minimum Gasteiger partial charge on any atom is -0.493 e. The van der Waals surface area contributed by atoms with Crippen molar-refractivity contribution in [3.05, 3.63) is 89.7 Å². The molecule has 2 heterocycles. The summed E-state index contributed by atoms with van der Waals surface area (Å²) in [6, 6.07) is 16.1. The van der Waals surface area contributed by atoms with E-state index in [1.807, 2.05) is 0 Å². The van der Waals surface area contributed by atoms with Crippen LogP contribution < -0.4 is 4.74 Å². The Kier molecular flexibility index (Phi) is 7.73. The average Bonchev–Trinajstić information content (AvgIpc) is 3.37. The number of benzene rings is 2. The van der Waals surface area contributed by atoms with Crippen LogP contribution in [0.5, 0.6) is 5.75 Å². The molecule has 1 aliphatic rings. The number of pyridine rings is 1. The van der Waals surface area contributed by atoms with Gasteiger partial charge >= 0.3 is 6.18 Å². The Balaban J connectivity index is 1.64. The largest absolute Gasteiger partial charge is 0.493 e. The van der Waals surface area contributed by atoms with Gasteiger partial charge in [0.2, 0.25) is 10.0 Å². The quantitative estimate of drug-likeness (QED) is 0.413. The number of halogens is 3. The minimum atomic E-state index is -4.82. The third-order valence-electron chi connectivity index (χ3n) is 5.64. The van der Waals surface area contributed by atoms with Crippen LogP contribution in [0.2, 0.25) is 0 Å². The number of hydrogen-bond acceptors (Lipinski definition) is 5. The Hall–Kier alpha value is -2.95. The van der Waals surface area contributed by atoms with E-state index < -0.39 is 26.7 Å². The molecule has 2 aromatic carbocycles. The van der Waals surface area contributed by atoms with Gasteiger partial charge in [-0.3, -0.25) is 4.98 Å². The lowest BCUT2D eigenvalue weighted by Crippen LogP contribution is -2.32. The van der Waals surface area contributed by atoms with Crippen molar-refractivity contribution in [3.63, 3.8) is 0 Å². The molecule has 0 aliphatic carbocycles. The zero-order valence-corrected chi connectivity index (χ0v) is 19.6. The molecule has 1 aromatic heterocycles. The van der Waals surface area contributed by atoms with E-state index in [-0.39, 0.29) is 13.1 Å². The second kappa shape index (κ2) is 10.8. The molecule has 1 unspecified atom stereocenters. The van der Waals surface area contributed by atoms with Gasteiger partial charge in [-0.1, -0.05) is 30.3 Å². The van der Waals surface area contributed by atoms with Crippen molar-refractivity contribution in [3.8, 4) is 5.75 Å². The van der Waals surface area contributed by atoms with E-state index in [0.717, 1.165) is 22.9 Å². The Morgan fingerprint density at radius 1 is 1.03 bits per heavy atom. The van der Waals surface area contributed by atoms with E-state index in [1.54, 1.807) is 42.5 Å². The SMILES string of the molecule is O=S(=O)(c1ccccc1C(F)(F)F)N(Cc1cccc(OCC2CCOC2)c1)Cc1ccccn1. The molecule has 6 nitrogen and oxygen atoms in total. The maximum Gasteiger partial charge on any atom is 0.417 e. The molecule has 0 N–H and O–H groups in total. The standard InChI is InChI=1S/C25H25F3N2O4S/c26-25(27,28)23-9-1-2-10-24(23)35(31,32)30(16-21-7-3-4-12-29-21)15-19-6-5-8-22(14-19)34-18-20-11-13-33-17-20/h1-10,12,14,20H,11,13,15-18H2. The Bertz CT molecular complexity index is 1230. The van der Waals surface area contributed by atoms with Gasteiger partial charge < -0.3 is 9.47 Å². The molecule has 4 rings (SSSR count). The summed E-state index contributed by atoms with van der Waals surface area (Å²) < 4.78 is 80.2. The maximum absolute atomic E-state index is 13.6. The van der Waals surface area contributed by atoms with E-state index in [4.69, 9.17) is 9.47 Å². The van der Waals surface area contributed by atoms with E-state index in [9.17, 15) is 21.6 Å². The second-order valence-electron chi connectivity index (χ2n) is 8.28. The van der Waals surface area contributed by atoms with Gasteiger partial charge in [0, 0.05) is 25.3 Å². The number of nitrogens with zero attached hydrogens (tertiary/aromatic N) is 2. The van der Waals surface area contributed by atoms with E-state index in [2.05, 4.69) is 4.98 Å². The molecule has 3 aromatic rings. The highest BCUT2D eigenvalue weighted by atomic mass is 32.2. The fraction of sp³-hybridized carbons (Fsp3) is 0.320. The molecule has 1 atom stereocenters. The van der Waals surface area contributed by atoms with Gasteiger partial charge in [-0.2, -0.15) is 17.5 Å². The highest BCUT2D eigenvalue weighted by molar-refractivity contribution is 7.89. The highest BCUT2D eigenvalue weighted by Gasteiger charge is 2.39. The van der Waals surface area contributed by atoms with Crippen molar-refractivity contribution in [1.29, 1.82) is 0 Å². The van der Waals surface area contributed by atoms with Crippen molar-refractivity contribution < 1.29 is 31.1 Å². The number of ether oxygens (including phenoxy) is 2. The normalized spacial score (nSPS) is 16.5. The molecule has 1 saturated heterocycles. The molecule has 35 heavy (non-hydrogen) atoms. The predicted octanol–water partition coefficient (Wildman–Crippen LogP) is 4.91. The summed E-state index contributed by atoms with van der Waals surface area (Å²) in [4.78, 5) is 3.37. The fourth-order valence-corrected chi connectivity index (χ4v) is 5.44. The molecule has 0 amide bonds. The zero-order chi connectivity index (χ0) is 24.9. The van der Waals surface area contributed by atoms with Crippen molar-refractivity contribution in [2.75, 3.05) is 19.8 Å². The van der Waals surface area contributed by atoms with E-state index >= 15 is 0 Å².